The van der Waals surface area contributed by atoms with Crippen LogP contribution in [0.3, 0.4) is 0 Å². The average Bonchev–Trinajstić information content (AvgIpc) is 4.08. The Labute approximate surface area is 426 Å². The van der Waals surface area contributed by atoms with Gasteiger partial charge in [0.25, 0.3) is 5.91 Å². The molecule has 2 bridgehead atoms. The molecule has 2 saturated carbocycles. The zero-order valence-corrected chi connectivity index (χ0v) is 42.4. The number of urea groups is 1. The molecule has 73 heavy (non-hydrogen) atoms. The number of aromatic nitrogens is 3. The van der Waals surface area contributed by atoms with Crippen LogP contribution in [0, 0.1) is 29.5 Å². The van der Waals surface area contributed by atoms with Gasteiger partial charge in [-0.3, -0.25) is 24.8 Å². The van der Waals surface area contributed by atoms with E-state index < -0.39 is 11.8 Å². The minimum absolute atomic E-state index is 0.0123. The maximum atomic E-state index is 17.2. The van der Waals surface area contributed by atoms with E-state index in [1.807, 2.05) is 48.2 Å². The smallest absolute Gasteiger partial charge is 0.328 e. The number of hydrogen-bond donors (Lipinski definition) is 3. The number of halogens is 1. The van der Waals surface area contributed by atoms with E-state index in [1.54, 1.807) is 23.2 Å². The van der Waals surface area contributed by atoms with Crippen LogP contribution in [0.4, 0.5) is 20.7 Å². The van der Waals surface area contributed by atoms with E-state index in [0.29, 0.717) is 64.6 Å². The van der Waals surface area contributed by atoms with Crippen molar-refractivity contribution in [2.45, 2.75) is 103 Å². The van der Waals surface area contributed by atoms with Gasteiger partial charge in [-0.25, -0.2) is 9.18 Å². The highest BCUT2D eigenvalue weighted by Gasteiger charge is 2.46. The van der Waals surface area contributed by atoms with Gasteiger partial charge in [0.15, 0.2) is 5.82 Å². The predicted octanol–water partition coefficient (Wildman–Crippen LogP) is 7.84. The first kappa shape index (κ1) is 48.0. The predicted molar refractivity (Wildman–Crippen MR) is 280 cm³/mol. The first-order valence-corrected chi connectivity index (χ1v) is 27.1. The third-order valence-electron chi connectivity index (χ3n) is 17.9. The zero-order valence-electron chi connectivity index (χ0n) is 42.4. The number of phenolic OH excluding ortho intramolecular Hbond substituents is 1. The number of anilines is 2. The van der Waals surface area contributed by atoms with Gasteiger partial charge in [0.05, 0.1) is 12.0 Å². The van der Waals surface area contributed by atoms with Crippen LogP contribution < -0.4 is 25.2 Å². The standard InChI is InChI=1S/C57H69FN10O5/c1-3-38-5-4-6-39-27-43(69)29-44(48(38)39)50-49(58)51-45(30-59-50)52(67-32-41-9-10-42(33-67)60-41)63-54(62-51)73-35-57(16-17-57)34-65-25-23-64(24-26-65)31-37-11-14-56(15-12-37)18-21-66(22-19-56)53(71)40-8-7-36(2)46(28-40)68-20-13-47(70)61-55(68)72/h4-8,27-30,37,41-42,60,69H,3,9-26,31-35H2,1-2H3,(H,61,70,72). The van der Waals surface area contributed by atoms with Gasteiger partial charge >= 0.3 is 12.0 Å². The highest BCUT2D eigenvalue weighted by molar-refractivity contribution is 6.07. The number of carbonyl (C=O) groups is 3. The summed E-state index contributed by atoms with van der Waals surface area (Å²) in [6.07, 6.45) is 14.0. The summed E-state index contributed by atoms with van der Waals surface area (Å²) in [5.41, 5.74) is 4.44. The summed E-state index contributed by atoms with van der Waals surface area (Å²) < 4.78 is 23.8. The third-order valence-corrected chi connectivity index (χ3v) is 17.9. The van der Waals surface area contributed by atoms with Crippen LogP contribution in [0.25, 0.3) is 32.9 Å². The number of piperidine rings is 1. The van der Waals surface area contributed by atoms with Gasteiger partial charge in [-0.2, -0.15) is 9.97 Å². The molecule has 12 rings (SSSR count). The summed E-state index contributed by atoms with van der Waals surface area (Å²) in [5.74, 6) is 0.626. The van der Waals surface area contributed by atoms with Crippen molar-refractivity contribution in [2.75, 3.05) is 88.4 Å². The van der Waals surface area contributed by atoms with Crippen LogP contribution in [0.2, 0.25) is 0 Å². The summed E-state index contributed by atoms with van der Waals surface area (Å²) >= 11 is 0. The molecular weight excluding hydrogens is 924 g/mol. The maximum absolute atomic E-state index is 17.2. The molecule has 3 N–H and O–H groups in total. The number of aryl methyl sites for hydroxylation is 2. The summed E-state index contributed by atoms with van der Waals surface area (Å²) in [7, 11) is 0. The molecule has 7 heterocycles. The van der Waals surface area contributed by atoms with Crippen molar-refractivity contribution in [3.63, 3.8) is 0 Å². The molecule has 5 saturated heterocycles. The van der Waals surface area contributed by atoms with Gasteiger partial charge in [-0.05, 0) is 135 Å². The van der Waals surface area contributed by atoms with Crippen LogP contribution in [0.1, 0.15) is 99.0 Å². The van der Waals surface area contributed by atoms with Crippen molar-refractivity contribution in [3.05, 3.63) is 77.2 Å². The lowest BCUT2D eigenvalue weighted by atomic mass is 9.65. The number of pyridine rings is 1. The molecule has 2 atom stereocenters. The van der Waals surface area contributed by atoms with Crippen LogP contribution in [-0.2, 0) is 11.2 Å². The first-order valence-electron chi connectivity index (χ1n) is 27.1. The average molecular weight is 993 g/mol. The number of rotatable bonds is 12. The van der Waals surface area contributed by atoms with E-state index in [9.17, 15) is 19.5 Å². The summed E-state index contributed by atoms with van der Waals surface area (Å²) in [6.45, 7) is 14.1. The largest absolute Gasteiger partial charge is 0.508 e. The molecule has 1 spiro atoms. The Bertz CT molecular complexity index is 2950. The van der Waals surface area contributed by atoms with Crippen molar-refractivity contribution in [2.24, 2.45) is 16.7 Å². The van der Waals surface area contributed by atoms with Gasteiger partial charge in [0, 0.05) is 119 Å². The maximum Gasteiger partial charge on any atom is 0.328 e. The van der Waals surface area contributed by atoms with E-state index in [4.69, 9.17) is 19.7 Å². The molecule has 5 aliphatic heterocycles. The molecule has 16 heteroatoms. The Morgan fingerprint density at radius 2 is 1.63 bits per heavy atom. The lowest BCUT2D eigenvalue weighted by molar-refractivity contribution is -0.120. The number of hydrogen-bond acceptors (Lipinski definition) is 12. The molecule has 2 unspecified atom stereocenters. The van der Waals surface area contributed by atoms with Gasteiger partial charge in [-0.15, -0.1) is 0 Å². The van der Waals surface area contributed by atoms with Crippen LogP contribution in [0.15, 0.2) is 54.7 Å². The molecule has 7 aliphatic rings. The number of likely N-dealkylation sites (tertiary alicyclic amines) is 1. The number of amides is 4. The van der Waals surface area contributed by atoms with Crippen LogP contribution >= 0.6 is 0 Å². The van der Waals surface area contributed by atoms with E-state index in [1.165, 1.54) is 25.7 Å². The second-order valence-corrected chi connectivity index (χ2v) is 22.8. The zero-order chi connectivity index (χ0) is 50.0. The topological polar surface area (TPSA) is 160 Å². The quantitative estimate of drug-likeness (QED) is 0.111. The Balaban J connectivity index is 0.652. The number of ether oxygens (including phenoxy) is 1. The second-order valence-electron chi connectivity index (χ2n) is 22.8. The van der Waals surface area contributed by atoms with Crippen molar-refractivity contribution in [1.82, 2.24) is 40.3 Å². The Morgan fingerprint density at radius 3 is 2.36 bits per heavy atom. The Morgan fingerprint density at radius 1 is 0.877 bits per heavy atom. The molecular formula is C57H69FN10O5. The molecule has 2 aromatic heterocycles. The van der Waals surface area contributed by atoms with E-state index in [2.05, 4.69) is 32.3 Å². The number of piperazine rings is 2. The Kier molecular flexibility index (Phi) is 12.7. The highest BCUT2D eigenvalue weighted by Crippen LogP contribution is 2.49. The monoisotopic (exact) mass is 993 g/mol. The first-order chi connectivity index (χ1) is 35.4. The summed E-state index contributed by atoms with van der Waals surface area (Å²) in [5, 5.41) is 19.2. The lowest BCUT2D eigenvalue weighted by Crippen LogP contribution is -2.51. The molecule has 7 fully saturated rings. The number of benzene rings is 3. The van der Waals surface area contributed by atoms with Gasteiger partial charge in [-0.1, -0.05) is 31.2 Å². The van der Waals surface area contributed by atoms with E-state index >= 15 is 4.39 Å². The van der Waals surface area contributed by atoms with E-state index in [0.717, 1.165) is 132 Å². The van der Waals surface area contributed by atoms with Crippen molar-refractivity contribution in [1.29, 1.82) is 0 Å². The fourth-order valence-electron chi connectivity index (χ4n) is 13.3. The number of aromatic hydroxyl groups is 1. The van der Waals surface area contributed by atoms with E-state index in [-0.39, 0.29) is 46.6 Å². The SMILES string of the molecule is CCc1cccc2cc(O)cc(-c3ncc4c(N5CC6CCC(C5)N6)nc(OCC5(CN6CCN(CC7CCC8(CC7)CCN(C(=O)c7ccc(C)c(N9CCC(=O)NC9=O)c7)CC8)CC6)CC5)nc4c3F)c12. The number of nitrogens with one attached hydrogen (secondary N) is 2. The van der Waals surface area contributed by atoms with Crippen molar-refractivity contribution in [3.8, 4) is 23.0 Å². The number of imide groups is 1. The summed E-state index contributed by atoms with van der Waals surface area (Å²) in [4.78, 5) is 63.8. The molecule has 5 aromatic rings. The van der Waals surface area contributed by atoms with Crippen molar-refractivity contribution >= 4 is 51.0 Å². The molecule has 15 nitrogen and oxygen atoms in total. The van der Waals surface area contributed by atoms with Crippen LogP contribution in [-0.4, -0.2) is 143 Å². The minimum Gasteiger partial charge on any atom is -0.508 e. The highest BCUT2D eigenvalue weighted by atomic mass is 19.1. The molecule has 2 aliphatic carbocycles. The Hall–Kier alpha value is -5.97. The fraction of sp³-hybridized carbons (Fsp3) is 0.544. The molecule has 3 aromatic carbocycles. The molecule has 384 valence electrons. The normalized spacial score (nSPS) is 23.4. The minimum atomic E-state index is -0.536. The van der Waals surface area contributed by atoms with Gasteiger partial charge < -0.3 is 34.8 Å². The van der Waals surface area contributed by atoms with Gasteiger partial charge in [0.1, 0.15) is 22.8 Å². The number of phenols is 1. The second kappa shape index (κ2) is 19.4. The number of carbonyl (C=O) groups excluding carboxylic acids is 3. The number of fused-ring (bicyclic) bond motifs is 4. The number of nitrogens with zero attached hydrogens (tertiary/aromatic N) is 8. The van der Waals surface area contributed by atoms with Gasteiger partial charge in [0.2, 0.25) is 5.91 Å². The molecule has 4 amide bonds. The lowest BCUT2D eigenvalue weighted by Gasteiger charge is -2.47. The summed E-state index contributed by atoms with van der Waals surface area (Å²) in [6, 6.07) is 15.3. The third kappa shape index (κ3) is 9.59. The fourth-order valence-corrected chi connectivity index (χ4v) is 13.3. The van der Waals surface area contributed by atoms with Crippen molar-refractivity contribution < 1.29 is 28.6 Å². The van der Waals surface area contributed by atoms with Crippen LogP contribution in [0.5, 0.6) is 11.8 Å². The molecule has 0 radical (unpaired) electrons.